The minimum atomic E-state index is -4.05. The number of alkyl halides is 3. The van der Waals surface area contributed by atoms with Gasteiger partial charge in [0.25, 0.3) is 0 Å². The van der Waals surface area contributed by atoms with E-state index in [2.05, 4.69) is 15.7 Å². The molecule has 0 aliphatic carbocycles. The summed E-state index contributed by atoms with van der Waals surface area (Å²) in [5.41, 5.74) is 0. The molecule has 0 heterocycles. The van der Waals surface area contributed by atoms with Crippen molar-refractivity contribution in [1.29, 1.82) is 0 Å². The minimum absolute atomic E-state index is 0.264. The van der Waals surface area contributed by atoms with Crippen LogP contribution in [0.25, 0.3) is 0 Å². The molecule has 0 radical (unpaired) electrons. The molecule has 0 bridgehead atoms. The van der Waals surface area contributed by atoms with Crippen LogP contribution in [0, 0.1) is 0 Å². The van der Waals surface area contributed by atoms with Gasteiger partial charge in [0.1, 0.15) is 0 Å². The van der Waals surface area contributed by atoms with Crippen LogP contribution in [-0.4, -0.2) is 49.9 Å². The lowest BCUT2D eigenvalue weighted by Gasteiger charge is -2.46. The quantitative estimate of drug-likeness (QED) is 0.627. The average Bonchev–Trinajstić information content (AvgIpc) is 2.29. The fourth-order valence-corrected chi connectivity index (χ4v) is 7.22. The van der Waals surface area contributed by atoms with E-state index in [0.717, 1.165) is 26.2 Å². The van der Waals surface area contributed by atoms with E-state index in [0.29, 0.717) is 0 Å². The van der Waals surface area contributed by atoms with E-state index in [1.165, 1.54) is 0 Å². The number of hydrogen-bond donors (Lipinski definition) is 0. The second kappa shape index (κ2) is 7.50. The van der Waals surface area contributed by atoms with E-state index in [4.69, 9.17) is 0 Å². The van der Waals surface area contributed by atoms with Crippen molar-refractivity contribution in [2.75, 3.05) is 26.2 Å². The van der Waals surface area contributed by atoms with Crippen molar-refractivity contribution < 1.29 is 13.2 Å². The normalized spacial score (nSPS) is 13.7. The fraction of sp³-hybridized carbons (Fsp3) is 1.00. The van der Waals surface area contributed by atoms with E-state index in [9.17, 15) is 13.2 Å². The van der Waals surface area contributed by atoms with E-state index in [1.807, 2.05) is 27.7 Å². The van der Waals surface area contributed by atoms with Gasteiger partial charge in [-0.15, -0.1) is 0 Å². The molecule has 0 spiro atoms. The lowest BCUT2D eigenvalue weighted by atomic mass is 10.5. The Bertz CT molecular complexity index is 214. The first-order valence-electron chi connectivity index (χ1n) is 6.81. The lowest BCUT2D eigenvalue weighted by molar-refractivity contribution is -0.131. The van der Waals surface area contributed by atoms with Crippen molar-refractivity contribution in [1.82, 2.24) is 9.13 Å². The monoisotopic (exact) mass is 284 g/mol. The van der Waals surface area contributed by atoms with Crippen molar-refractivity contribution in [3.05, 3.63) is 0 Å². The smallest absolute Gasteiger partial charge is 0.312 e. The highest BCUT2D eigenvalue weighted by atomic mass is 28.3. The maximum Gasteiger partial charge on any atom is 0.388 e. The maximum absolute atomic E-state index is 12.5. The molecule has 6 heteroatoms. The van der Waals surface area contributed by atoms with Gasteiger partial charge in [-0.2, -0.15) is 13.2 Å². The highest BCUT2D eigenvalue weighted by Gasteiger charge is 2.41. The molecule has 18 heavy (non-hydrogen) atoms. The molecule has 0 saturated carbocycles. The Hall–Kier alpha value is -0.0731. The first-order chi connectivity index (χ1) is 8.25. The topological polar surface area (TPSA) is 6.48 Å². The standard InChI is InChI=1S/C12H27F3N2Si/c1-6-16(7-2)18(5,17(8-3)9-4)11-10-12(13,14)15/h6-11H2,1-5H3. The molecule has 0 aliphatic heterocycles. The Labute approximate surface area is 110 Å². The molecule has 0 fully saturated rings. The number of halogens is 3. The van der Waals surface area contributed by atoms with Gasteiger partial charge >= 0.3 is 6.18 Å². The molecule has 0 aromatic carbocycles. The van der Waals surface area contributed by atoms with Crippen LogP contribution in [0.4, 0.5) is 13.2 Å². The molecule has 0 unspecified atom stereocenters. The van der Waals surface area contributed by atoms with E-state index >= 15 is 0 Å². The zero-order chi connectivity index (χ0) is 14.4. The van der Waals surface area contributed by atoms with E-state index in [1.54, 1.807) is 0 Å². The highest BCUT2D eigenvalue weighted by Crippen LogP contribution is 2.29. The third-order valence-electron chi connectivity index (χ3n) is 3.77. The van der Waals surface area contributed by atoms with Gasteiger partial charge in [-0.3, -0.25) is 0 Å². The lowest BCUT2D eigenvalue weighted by Crippen LogP contribution is -2.63. The molecule has 0 N–H and O–H groups in total. The van der Waals surface area contributed by atoms with Gasteiger partial charge in [-0.1, -0.05) is 27.7 Å². The van der Waals surface area contributed by atoms with E-state index < -0.39 is 21.0 Å². The first-order valence-corrected chi connectivity index (χ1v) is 9.42. The Kier molecular flexibility index (Phi) is 7.47. The molecule has 0 aromatic heterocycles. The van der Waals surface area contributed by atoms with Gasteiger partial charge < -0.3 is 9.13 Å². The first kappa shape index (κ1) is 17.9. The van der Waals surface area contributed by atoms with Gasteiger partial charge in [0.2, 0.25) is 8.40 Å². The summed E-state index contributed by atoms with van der Waals surface area (Å²) in [6, 6.07) is 0.264. The molecule has 110 valence electrons. The summed E-state index contributed by atoms with van der Waals surface area (Å²) in [6.45, 7) is 13.5. The van der Waals surface area contributed by atoms with Crippen LogP contribution in [-0.2, 0) is 0 Å². The van der Waals surface area contributed by atoms with Crippen LogP contribution >= 0.6 is 0 Å². The highest BCUT2D eigenvalue weighted by molar-refractivity contribution is 6.73. The van der Waals surface area contributed by atoms with Crippen molar-refractivity contribution in [3.8, 4) is 0 Å². The van der Waals surface area contributed by atoms with Gasteiger partial charge in [0.15, 0.2) is 0 Å². The summed E-state index contributed by atoms with van der Waals surface area (Å²) in [6.07, 6.45) is -4.71. The molecular weight excluding hydrogens is 257 g/mol. The van der Waals surface area contributed by atoms with Crippen molar-refractivity contribution in [2.45, 2.75) is 52.9 Å². The zero-order valence-electron chi connectivity index (χ0n) is 12.3. The van der Waals surface area contributed by atoms with Crippen LogP contribution in [0.5, 0.6) is 0 Å². The predicted molar refractivity (Wildman–Crippen MR) is 72.9 cm³/mol. The predicted octanol–water partition coefficient (Wildman–Crippen LogP) is 3.69. The van der Waals surface area contributed by atoms with Crippen LogP contribution < -0.4 is 0 Å². The molecule has 0 atom stereocenters. The molecule has 2 nitrogen and oxygen atoms in total. The summed E-state index contributed by atoms with van der Waals surface area (Å²) >= 11 is 0. The van der Waals surface area contributed by atoms with Crippen LogP contribution in [0.2, 0.25) is 12.6 Å². The largest absolute Gasteiger partial charge is 0.388 e. The third kappa shape index (κ3) is 4.89. The zero-order valence-corrected chi connectivity index (χ0v) is 13.3. The van der Waals surface area contributed by atoms with Crippen LogP contribution in [0.1, 0.15) is 34.1 Å². The Morgan fingerprint density at radius 2 is 1.17 bits per heavy atom. The summed E-state index contributed by atoms with van der Waals surface area (Å²) in [4.78, 5) is 0. The molecule has 0 aliphatic rings. The molecule has 0 aromatic rings. The van der Waals surface area contributed by atoms with Gasteiger partial charge in [-0.05, 0) is 38.8 Å². The molecule has 0 saturated heterocycles. The Balaban J connectivity index is 5.01. The van der Waals surface area contributed by atoms with Crippen molar-refractivity contribution in [3.63, 3.8) is 0 Å². The second-order valence-electron chi connectivity index (χ2n) is 4.68. The molecule has 0 amide bonds. The summed E-state index contributed by atoms with van der Waals surface area (Å²) < 4.78 is 42.1. The Morgan fingerprint density at radius 1 is 0.833 bits per heavy atom. The second-order valence-corrected chi connectivity index (χ2v) is 8.88. The number of rotatable bonds is 8. The van der Waals surface area contributed by atoms with Gasteiger partial charge in [0, 0.05) is 6.42 Å². The SMILES string of the molecule is CCN(CC)[Si](C)(CCC(F)(F)F)N(CC)CC. The fourth-order valence-electron chi connectivity index (χ4n) is 2.70. The minimum Gasteiger partial charge on any atom is -0.312 e. The number of nitrogens with zero attached hydrogens (tertiary/aromatic N) is 2. The summed E-state index contributed by atoms with van der Waals surface area (Å²) in [5, 5.41) is 0. The van der Waals surface area contributed by atoms with Crippen LogP contribution in [0.15, 0.2) is 0 Å². The van der Waals surface area contributed by atoms with Crippen molar-refractivity contribution >= 4 is 8.40 Å². The third-order valence-corrected chi connectivity index (χ3v) is 8.96. The molecular formula is C12H27F3N2Si. The molecule has 0 rings (SSSR count). The maximum atomic E-state index is 12.5. The number of hydrogen-bond acceptors (Lipinski definition) is 2. The van der Waals surface area contributed by atoms with Crippen molar-refractivity contribution in [2.24, 2.45) is 0 Å². The summed E-state index contributed by atoms with van der Waals surface area (Å²) in [5.74, 6) is 0. The summed E-state index contributed by atoms with van der Waals surface area (Å²) in [7, 11) is -2.17. The van der Waals surface area contributed by atoms with Crippen LogP contribution in [0.3, 0.4) is 0 Å². The van der Waals surface area contributed by atoms with Gasteiger partial charge in [0.05, 0.1) is 0 Å². The van der Waals surface area contributed by atoms with Gasteiger partial charge in [-0.25, -0.2) is 0 Å². The van der Waals surface area contributed by atoms with E-state index in [-0.39, 0.29) is 6.04 Å². The average molecular weight is 284 g/mol. The Morgan fingerprint density at radius 3 is 1.39 bits per heavy atom.